The SMILES string of the molecule is CCC(NC(CC)c1ccccc1OC)C(=O)O. The first kappa shape index (κ1) is 14.5. The summed E-state index contributed by atoms with van der Waals surface area (Å²) in [5.74, 6) is -0.0251. The lowest BCUT2D eigenvalue weighted by atomic mass is 10.0. The van der Waals surface area contributed by atoms with Crippen LogP contribution < -0.4 is 10.1 Å². The fraction of sp³-hybridized carbons (Fsp3) is 0.500. The Labute approximate surface area is 108 Å². The molecule has 1 aromatic carbocycles. The second-order valence-corrected chi connectivity index (χ2v) is 4.17. The number of hydrogen-bond acceptors (Lipinski definition) is 3. The van der Waals surface area contributed by atoms with Gasteiger partial charge in [0.1, 0.15) is 11.8 Å². The van der Waals surface area contributed by atoms with Crippen molar-refractivity contribution in [1.82, 2.24) is 5.32 Å². The molecule has 2 N–H and O–H groups in total. The van der Waals surface area contributed by atoms with Crippen molar-refractivity contribution in [1.29, 1.82) is 0 Å². The average molecular weight is 251 g/mol. The van der Waals surface area contributed by atoms with Gasteiger partial charge in [-0.25, -0.2) is 0 Å². The number of benzene rings is 1. The van der Waals surface area contributed by atoms with Crippen molar-refractivity contribution >= 4 is 5.97 Å². The van der Waals surface area contributed by atoms with Crippen molar-refractivity contribution in [2.24, 2.45) is 0 Å². The van der Waals surface area contributed by atoms with E-state index >= 15 is 0 Å². The van der Waals surface area contributed by atoms with Crippen LogP contribution in [0.2, 0.25) is 0 Å². The molecular weight excluding hydrogens is 230 g/mol. The molecular formula is C14H21NO3. The van der Waals surface area contributed by atoms with Crippen LogP contribution in [0.3, 0.4) is 0 Å². The van der Waals surface area contributed by atoms with Gasteiger partial charge in [-0.05, 0) is 18.9 Å². The molecule has 0 aliphatic carbocycles. The standard InChI is InChI=1S/C14H21NO3/c1-4-11(15-12(5-2)14(16)17)10-8-6-7-9-13(10)18-3/h6-9,11-12,15H,4-5H2,1-3H3,(H,16,17). The number of methoxy groups -OCH3 is 1. The van der Waals surface area contributed by atoms with E-state index in [1.807, 2.05) is 38.1 Å². The molecule has 4 heteroatoms. The summed E-state index contributed by atoms with van der Waals surface area (Å²) >= 11 is 0. The number of aliphatic carboxylic acids is 1. The zero-order valence-electron chi connectivity index (χ0n) is 11.1. The molecule has 0 radical (unpaired) electrons. The normalized spacial score (nSPS) is 13.9. The molecule has 0 saturated carbocycles. The molecule has 100 valence electrons. The Bertz CT molecular complexity index is 392. The highest BCUT2D eigenvalue weighted by Crippen LogP contribution is 2.27. The van der Waals surface area contributed by atoms with E-state index in [1.165, 1.54) is 0 Å². The molecule has 2 unspecified atom stereocenters. The lowest BCUT2D eigenvalue weighted by Crippen LogP contribution is -2.38. The third-order valence-electron chi connectivity index (χ3n) is 3.03. The van der Waals surface area contributed by atoms with Crippen molar-refractivity contribution in [2.75, 3.05) is 7.11 Å². The Balaban J connectivity index is 2.92. The van der Waals surface area contributed by atoms with Gasteiger partial charge in [-0.2, -0.15) is 0 Å². The minimum atomic E-state index is -0.814. The summed E-state index contributed by atoms with van der Waals surface area (Å²) < 4.78 is 5.32. The van der Waals surface area contributed by atoms with E-state index in [4.69, 9.17) is 9.84 Å². The third-order valence-corrected chi connectivity index (χ3v) is 3.03. The van der Waals surface area contributed by atoms with Crippen molar-refractivity contribution in [3.63, 3.8) is 0 Å². The van der Waals surface area contributed by atoms with Gasteiger partial charge in [0.15, 0.2) is 0 Å². The highest BCUT2D eigenvalue weighted by Gasteiger charge is 2.21. The number of carboxylic acid groups (broad SMARTS) is 1. The molecule has 2 atom stereocenters. The summed E-state index contributed by atoms with van der Waals surface area (Å²) in [4.78, 5) is 11.1. The number of ether oxygens (including phenoxy) is 1. The monoisotopic (exact) mass is 251 g/mol. The molecule has 0 spiro atoms. The van der Waals surface area contributed by atoms with Gasteiger partial charge in [0.05, 0.1) is 7.11 Å². The van der Waals surface area contributed by atoms with E-state index in [0.29, 0.717) is 6.42 Å². The van der Waals surface area contributed by atoms with Gasteiger partial charge in [-0.1, -0.05) is 32.0 Å². The minimum absolute atomic E-state index is 0.0119. The van der Waals surface area contributed by atoms with Gasteiger partial charge in [0.25, 0.3) is 0 Å². The number of hydrogen-bond donors (Lipinski definition) is 2. The van der Waals surface area contributed by atoms with Gasteiger partial charge in [-0.3, -0.25) is 10.1 Å². The second kappa shape index (κ2) is 7.01. The smallest absolute Gasteiger partial charge is 0.320 e. The van der Waals surface area contributed by atoms with Crippen LogP contribution in [0.1, 0.15) is 38.3 Å². The molecule has 4 nitrogen and oxygen atoms in total. The summed E-state index contributed by atoms with van der Waals surface area (Å²) in [6.07, 6.45) is 1.37. The molecule has 0 heterocycles. The second-order valence-electron chi connectivity index (χ2n) is 4.17. The maximum atomic E-state index is 11.1. The molecule has 0 fully saturated rings. The number of rotatable bonds is 7. The zero-order valence-corrected chi connectivity index (χ0v) is 11.1. The molecule has 18 heavy (non-hydrogen) atoms. The third kappa shape index (κ3) is 3.47. The maximum absolute atomic E-state index is 11.1. The van der Waals surface area contributed by atoms with E-state index in [-0.39, 0.29) is 6.04 Å². The van der Waals surface area contributed by atoms with Gasteiger partial charge < -0.3 is 9.84 Å². The number of nitrogens with one attached hydrogen (secondary N) is 1. The predicted octanol–water partition coefficient (Wildman–Crippen LogP) is 2.60. The number of carboxylic acids is 1. The number of para-hydroxylation sites is 1. The largest absolute Gasteiger partial charge is 0.496 e. The van der Waals surface area contributed by atoms with E-state index in [0.717, 1.165) is 17.7 Å². The topological polar surface area (TPSA) is 58.6 Å². The van der Waals surface area contributed by atoms with Crippen LogP contribution in [0.5, 0.6) is 5.75 Å². The molecule has 1 aromatic rings. The first-order valence-electron chi connectivity index (χ1n) is 6.25. The van der Waals surface area contributed by atoms with Crippen LogP contribution >= 0.6 is 0 Å². The van der Waals surface area contributed by atoms with E-state index in [1.54, 1.807) is 7.11 Å². The van der Waals surface area contributed by atoms with Crippen LogP contribution in [-0.4, -0.2) is 24.2 Å². The Morgan fingerprint density at radius 2 is 2.00 bits per heavy atom. The summed E-state index contributed by atoms with van der Waals surface area (Å²) in [6, 6.07) is 7.16. The summed E-state index contributed by atoms with van der Waals surface area (Å²) in [5, 5.41) is 12.3. The lowest BCUT2D eigenvalue weighted by Gasteiger charge is -2.23. The first-order chi connectivity index (χ1) is 8.63. The molecule has 0 aliphatic rings. The van der Waals surface area contributed by atoms with Crippen LogP contribution in [0, 0.1) is 0 Å². The Morgan fingerprint density at radius 3 is 2.50 bits per heavy atom. The average Bonchev–Trinajstić information content (AvgIpc) is 2.40. The molecule has 0 bridgehead atoms. The van der Waals surface area contributed by atoms with Gasteiger partial charge in [0, 0.05) is 11.6 Å². The van der Waals surface area contributed by atoms with Gasteiger partial charge in [-0.15, -0.1) is 0 Å². The quantitative estimate of drug-likeness (QED) is 0.782. The zero-order chi connectivity index (χ0) is 13.5. The van der Waals surface area contributed by atoms with Crippen LogP contribution in [0.25, 0.3) is 0 Å². The predicted molar refractivity (Wildman–Crippen MR) is 70.9 cm³/mol. The lowest BCUT2D eigenvalue weighted by molar-refractivity contribution is -0.139. The van der Waals surface area contributed by atoms with E-state index in [9.17, 15) is 4.79 Å². The van der Waals surface area contributed by atoms with Crippen LogP contribution in [0.4, 0.5) is 0 Å². The Kier molecular flexibility index (Phi) is 5.65. The van der Waals surface area contributed by atoms with Crippen molar-refractivity contribution < 1.29 is 14.6 Å². The van der Waals surface area contributed by atoms with Crippen molar-refractivity contribution in [3.8, 4) is 5.75 Å². The Hall–Kier alpha value is -1.55. The van der Waals surface area contributed by atoms with E-state index < -0.39 is 12.0 Å². The van der Waals surface area contributed by atoms with Crippen LogP contribution in [0.15, 0.2) is 24.3 Å². The Morgan fingerprint density at radius 1 is 1.33 bits per heavy atom. The van der Waals surface area contributed by atoms with Crippen LogP contribution in [-0.2, 0) is 4.79 Å². The molecule has 0 aromatic heterocycles. The first-order valence-corrected chi connectivity index (χ1v) is 6.25. The molecule has 0 saturated heterocycles. The highest BCUT2D eigenvalue weighted by molar-refractivity contribution is 5.73. The summed E-state index contributed by atoms with van der Waals surface area (Å²) in [6.45, 7) is 3.89. The fourth-order valence-electron chi connectivity index (χ4n) is 1.99. The minimum Gasteiger partial charge on any atom is -0.496 e. The fourth-order valence-corrected chi connectivity index (χ4v) is 1.99. The molecule has 1 rings (SSSR count). The highest BCUT2D eigenvalue weighted by atomic mass is 16.5. The molecule has 0 amide bonds. The maximum Gasteiger partial charge on any atom is 0.320 e. The van der Waals surface area contributed by atoms with Crippen molar-refractivity contribution in [3.05, 3.63) is 29.8 Å². The van der Waals surface area contributed by atoms with E-state index in [2.05, 4.69) is 5.32 Å². The summed E-state index contributed by atoms with van der Waals surface area (Å²) in [5.41, 5.74) is 1.00. The van der Waals surface area contributed by atoms with Crippen molar-refractivity contribution in [2.45, 2.75) is 38.8 Å². The number of carbonyl (C=O) groups is 1. The molecule has 0 aliphatic heterocycles. The van der Waals surface area contributed by atoms with Gasteiger partial charge in [0.2, 0.25) is 0 Å². The summed E-state index contributed by atoms with van der Waals surface area (Å²) in [7, 11) is 1.63. The van der Waals surface area contributed by atoms with Gasteiger partial charge >= 0.3 is 5.97 Å².